The number of nitro groups is 1. The van der Waals surface area contributed by atoms with Gasteiger partial charge in [0.2, 0.25) is 0 Å². The van der Waals surface area contributed by atoms with Gasteiger partial charge in [-0.15, -0.1) is 11.8 Å². The summed E-state index contributed by atoms with van der Waals surface area (Å²) in [5.74, 6) is 0.530. The predicted molar refractivity (Wildman–Crippen MR) is 120 cm³/mol. The summed E-state index contributed by atoms with van der Waals surface area (Å²) >= 11 is 20.4. The fourth-order valence-electron chi connectivity index (χ4n) is 2.60. The minimum atomic E-state index is -0.500. The first-order valence-electron chi connectivity index (χ1n) is 8.36. The van der Waals surface area contributed by atoms with E-state index in [2.05, 4.69) is 5.32 Å². The summed E-state index contributed by atoms with van der Waals surface area (Å²) in [4.78, 5) is 11.8. The van der Waals surface area contributed by atoms with Crippen molar-refractivity contribution in [2.24, 2.45) is 0 Å². The smallest absolute Gasteiger partial charge is 0.294 e. The van der Waals surface area contributed by atoms with Crippen LogP contribution in [0, 0.1) is 10.1 Å². The SMILES string of the molecule is CSc1cc(Cl)c(Oc2ccc([N+](=O)[O-])c(NCc3ccccc3)c2Cl)cc1Cl. The van der Waals surface area contributed by atoms with Crippen LogP contribution in [0.4, 0.5) is 11.4 Å². The quantitative estimate of drug-likeness (QED) is 0.218. The van der Waals surface area contributed by atoms with Gasteiger partial charge in [0.05, 0.1) is 15.0 Å². The molecular formula is C20H15Cl3N2O3S. The maximum atomic E-state index is 11.4. The van der Waals surface area contributed by atoms with Crippen molar-refractivity contribution < 1.29 is 9.66 Å². The Morgan fingerprint density at radius 2 is 1.76 bits per heavy atom. The van der Waals surface area contributed by atoms with Crippen LogP contribution in [0.1, 0.15) is 5.56 Å². The third kappa shape index (κ3) is 5.08. The highest BCUT2D eigenvalue weighted by molar-refractivity contribution is 7.98. The van der Waals surface area contributed by atoms with Gasteiger partial charge in [-0.05, 0) is 24.0 Å². The first-order chi connectivity index (χ1) is 13.9. The van der Waals surface area contributed by atoms with Gasteiger partial charge in [0.25, 0.3) is 5.69 Å². The molecule has 3 aromatic rings. The Labute approximate surface area is 187 Å². The first kappa shape index (κ1) is 21.6. The van der Waals surface area contributed by atoms with E-state index in [9.17, 15) is 10.1 Å². The molecule has 0 aliphatic rings. The van der Waals surface area contributed by atoms with E-state index in [0.717, 1.165) is 10.5 Å². The van der Waals surface area contributed by atoms with Crippen molar-refractivity contribution >= 4 is 57.9 Å². The van der Waals surface area contributed by atoms with Crippen LogP contribution in [-0.4, -0.2) is 11.2 Å². The molecule has 150 valence electrons. The van der Waals surface area contributed by atoms with Gasteiger partial charge in [0.15, 0.2) is 0 Å². The molecule has 0 aromatic heterocycles. The summed E-state index contributed by atoms with van der Waals surface area (Å²) in [6, 6.07) is 15.5. The zero-order chi connectivity index (χ0) is 21.0. The molecule has 0 aliphatic heterocycles. The number of ether oxygens (including phenoxy) is 1. The van der Waals surface area contributed by atoms with Crippen LogP contribution < -0.4 is 10.1 Å². The minimum Gasteiger partial charge on any atom is -0.454 e. The molecule has 0 atom stereocenters. The van der Waals surface area contributed by atoms with Crippen LogP contribution in [0.25, 0.3) is 0 Å². The third-order valence-corrected chi connectivity index (χ3v) is 5.89. The monoisotopic (exact) mass is 468 g/mol. The molecule has 0 bridgehead atoms. The molecule has 0 saturated heterocycles. The highest BCUT2D eigenvalue weighted by atomic mass is 35.5. The normalized spacial score (nSPS) is 10.6. The maximum absolute atomic E-state index is 11.4. The highest BCUT2D eigenvalue weighted by Gasteiger charge is 2.22. The average molecular weight is 470 g/mol. The molecule has 0 spiro atoms. The van der Waals surface area contributed by atoms with E-state index >= 15 is 0 Å². The number of benzene rings is 3. The van der Waals surface area contributed by atoms with Crippen LogP contribution >= 0.6 is 46.6 Å². The topological polar surface area (TPSA) is 64.4 Å². The lowest BCUT2D eigenvalue weighted by molar-refractivity contribution is -0.384. The van der Waals surface area contributed by atoms with E-state index in [0.29, 0.717) is 22.3 Å². The molecule has 0 radical (unpaired) electrons. The van der Waals surface area contributed by atoms with Crippen LogP contribution in [0.2, 0.25) is 15.1 Å². The Morgan fingerprint density at radius 3 is 2.41 bits per heavy atom. The lowest BCUT2D eigenvalue weighted by Crippen LogP contribution is -2.04. The summed E-state index contributed by atoms with van der Waals surface area (Å²) in [5, 5.41) is 15.4. The minimum absolute atomic E-state index is 0.0799. The Balaban J connectivity index is 1.94. The summed E-state index contributed by atoms with van der Waals surface area (Å²) < 4.78 is 5.83. The van der Waals surface area contributed by atoms with Crippen molar-refractivity contribution in [2.45, 2.75) is 11.4 Å². The van der Waals surface area contributed by atoms with E-state index in [-0.39, 0.29) is 22.1 Å². The molecule has 9 heteroatoms. The Bertz CT molecular complexity index is 1050. The van der Waals surface area contributed by atoms with Gasteiger partial charge >= 0.3 is 0 Å². The second kappa shape index (κ2) is 9.59. The molecule has 0 unspecified atom stereocenters. The molecule has 5 nitrogen and oxygen atoms in total. The number of nitrogens with one attached hydrogen (secondary N) is 1. The standard InChI is InChI=1S/C20H15Cl3N2O3S/c1-29-18-10-13(21)17(9-14(18)22)28-16-8-7-15(25(26)27)20(19(16)23)24-11-12-5-3-2-4-6-12/h2-10,24H,11H2,1H3. The molecular weight excluding hydrogens is 455 g/mol. The third-order valence-electron chi connectivity index (χ3n) is 4.02. The molecule has 0 saturated carbocycles. The molecule has 0 heterocycles. The van der Waals surface area contributed by atoms with Crippen molar-refractivity contribution in [2.75, 3.05) is 11.6 Å². The lowest BCUT2D eigenvalue weighted by Gasteiger charge is -2.15. The van der Waals surface area contributed by atoms with Gasteiger partial charge in [0, 0.05) is 23.6 Å². The fraction of sp³-hybridized carbons (Fsp3) is 0.100. The number of nitro benzene ring substituents is 1. The Morgan fingerprint density at radius 1 is 1.03 bits per heavy atom. The van der Waals surface area contributed by atoms with Crippen molar-refractivity contribution in [3.63, 3.8) is 0 Å². The lowest BCUT2D eigenvalue weighted by atomic mass is 10.2. The van der Waals surface area contributed by atoms with Gasteiger partial charge < -0.3 is 10.1 Å². The predicted octanol–water partition coefficient (Wildman–Crippen LogP) is 7.68. The van der Waals surface area contributed by atoms with Crippen molar-refractivity contribution in [3.8, 4) is 11.5 Å². The molecule has 3 aromatic carbocycles. The van der Waals surface area contributed by atoms with E-state index in [4.69, 9.17) is 39.5 Å². The molecule has 0 amide bonds. The number of thioether (sulfide) groups is 1. The maximum Gasteiger partial charge on any atom is 0.294 e. The first-order valence-corrected chi connectivity index (χ1v) is 10.7. The van der Waals surface area contributed by atoms with E-state index < -0.39 is 4.92 Å². The van der Waals surface area contributed by atoms with Crippen LogP contribution in [0.5, 0.6) is 11.5 Å². The zero-order valence-corrected chi connectivity index (χ0v) is 18.2. The summed E-state index contributed by atoms with van der Waals surface area (Å²) in [5.41, 5.74) is 0.966. The van der Waals surface area contributed by atoms with Crippen LogP contribution in [-0.2, 0) is 6.54 Å². The van der Waals surface area contributed by atoms with Gasteiger partial charge in [-0.3, -0.25) is 10.1 Å². The van der Waals surface area contributed by atoms with Gasteiger partial charge in [-0.25, -0.2) is 0 Å². The average Bonchev–Trinajstić information content (AvgIpc) is 2.71. The summed E-state index contributed by atoms with van der Waals surface area (Å²) in [6.07, 6.45) is 1.88. The Hall–Kier alpha value is -2.12. The van der Waals surface area contributed by atoms with E-state index in [1.54, 1.807) is 12.1 Å². The van der Waals surface area contributed by atoms with E-state index in [1.165, 1.54) is 23.9 Å². The number of nitrogens with zero attached hydrogens (tertiary/aromatic N) is 1. The zero-order valence-electron chi connectivity index (χ0n) is 15.1. The molecule has 0 fully saturated rings. The van der Waals surface area contributed by atoms with Gasteiger partial charge in [-0.1, -0.05) is 65.1 Å². The fourth-order valence-corrected chi connectivity index (χ4v) is 4.00. The van der Waals surface area contributed by atoms with Crippen molar-refractivity contribution in [1.82, 2.24) is 0 Å². The number of hydrogen-bond acceptors (Lipinski definition) is 5. The van der Waals surface area contributed by atoms with Crippen molar-refractivity contribution in [1.29, 1.82) is 0 Å². The molecule has 29 heavy (non-hydrogen) atoms. The second-order valence-corrected chi connectivity index (χ2v) is 7.93. The second-order valence-electron chi connectivity index (χ2n) is 5.89. The largest absolute Gasteiger partial charge is 0.454 e. The summed E-state index contributed by atoms with van der Waals surface area (Å²) in [6.45, 7) is 0.361. The van der Waals surface area contributed by atoms with Gasteiger partial charge in [-0.2, -0.15) is 0 Å². The summed E-state index contributed by atoms with van der Waals surface area (Å²) in [7, 11) is 0. The van der Waals surface area contributed by atoms with Crippen molar-refractivity contribution in [3.05, 3.63) is 85.3 Å². The Kier molecular flexibility index (Phi) is 7.14. The number of rotatable bonds is 7. The number of halogens is 3. The van der Waals surface area contributed by atoms with Crippen LogP contribution in [0.3, 0.4) is 0 Å². The number of hydrogen-bond donors (Lipinski definition) is 1. The van der Waals surface area contributed by atoms with E-state index in [1.807, 2.05) is 36.6 Å². The molecule has 1 N–H and O–H groups in total. The number of anilines is 1. The molecule has 3 rings (SSSR count). The molecule has 0 aliphatic carbocycles. The van der Waals surface area contributed by atoms with Gasteiger partial charge in [0.1, 0.15) is 22.2 Å². The van der Waals surface area contributed by atoms with Crippen LogP contribution in [0.15, 0.2) is 59.5 Å². The highest BCUT2D eigenvalue weighted by Crippen LogP contribution is 2.44.